The van der Waals surface area contributed by atoms with Crippen LogP contribution in [0.1, 0.15) is 23.2 Å². The third-order valence-electron chi connectivity index (χ3n) is 5.98. The van der Waals surface area contributed by atoms with E-state index in [1.54, 1.807) is 18.3 Å². The van der Waals surface area contributed by atoms with Gasteiger partial charge in [-0.05, 0) is 47.9 Å². The van der Waals surface area contributed by atoms with Crippen LogP contribution in [0.15, 0.2) is 59.5 Å². The number of rotatable bonds is 4. The van der Waals surface area contributed by atoms with Crippen molar-refractivity contribution in [1.82, 2.24) is 19.6 Å². The zero-order valence-electron chi connectivity index (χ0n) is 17.1. The lowest BCUT2D eigenvalue weighted by Crippen LogP contribution is -2.40. The maximum atomic E-state index is 13.3. The first-order chi connectivity index (χ1) is 15.1. The molecule has 0 atom stereocenters. The maximum Gasteiger partial charge on any atom is 0.265 e. The van der Waals surface area contributed by atoms with Crippen LogP contribution in [0.5, 0.6) is 0 Å². The van der Waals surface area contributed by atoms with E-state index in [1.165, 1.54) is 4.40 Å². The number of fused-ring (bicyclic) bond motifs is 3. The Balaban J connectivity index is 1.45. The predicted octanol–water partition coefficient (Wildman–Crippen LogP) is 3.16. The van der Waals surface area contributed by atoms with Crippen LogP contribution >= 0.6 is 0 Å². The third-order valence-corrected chi connectivity index (χ3v) is 5.98. The van der Waals surface area contributed by atoms with Crippen LogP contribution in [0.3, 0.4) is 0 Å². The van der Waals surface area contributed by atoms with Crippen molar-refractivity contribution in [1.29, 1.82) is 0 Å². The van der Waals surface area contributed by atoms with Crippen molar-refractivity contribution in [2.24, 2.45) is 0 Å². The Kier molecular flexibility index (Phi) is 5.11. The largest absolute Gasteiger partial charge is 0.351 e. The Bertz CT molecular complexity index is 1340. The summed E-state index contributed by atoms with van der Waals surface area (Å²) in [7, 11) is 0. The fraction of sp³-hybridized carbons (Fsp3) is 0.292. The molecule has 2 aromatic carbocycles. The molecule has 4 aromatic rings. The Hall–Kier alpha value is -3.32. The van der Waals surface area contributed by atoms with E-state index in [0.717, 1.165) is 10.8 Å². The number of piperidine rings is 1. The molecular weight excluding hydrogens is 395 g/mol. The molecule has 1 aliphatic rings. The number of halogens is 1. The van der Waals surface area contributed by atoms with Crippen molar-refractivity contribution in [2.75, 3.05) is 26.2 Å². The van der Waals surface area contributed by atoms with Gasteiger partial charge in [-0.3, -0.25) is 14.0 Å². The van der Waals surface area contributed by atoms with Gasteiger partial charge in [0.2, 0.25) is 0 Å². The lowest BCUT2D eigenvalue weighted by molar-refractivity contribution is 0.0941. The molecule has 0 radical (unpaired) electrons. The Morgan fingerprint density at radius 1 is 1.10 bits per heavy atom. The first kappa shape index (κ1) is 19.6. The number of nitrogens with one attached hydrogen (secondary N) is 1. The summed E-state index contributed by atoms with van der Waals surface area (Å²) < 4.78 is 14.7. The highest BCUT2D eigenvalue weighted by atomic mass is 19.1. The second-order valence-electron chi connectivity index (χ2n) is 8.02. The number of likely N-dealkylation sites (tertiary alicyclic amines) is 1. The highest BCUT2D eigenvalue weighted by Crippen LogP contribution is 2.21. The quantitative estimate of drug-likeness (QED) is 0.517. The lowest BCUT2D eigenvalue weighted by Gasteiger charge is -2.28. The first-order valence-electron chi connectivity index (χ1n) is 10.6. The van der Waals surface area contributed by atoms with Crippen molar-refractivity contribution in [3.8, 4) is 0 Å². The number of aromatic nitrogens is 2. The fourth-order valence-electron chi connectivity index (χ4n) is 4.24. The molecule has 31 heavy (non-hydrogen) atoms. The number of pyridine rings is 1. The summed E-state index contributed by atoms with van der Waals surface area (Å²) in [5.41, 5.74) is 1.07. The van der Waals surface area contributed by atoms with Crippen molar-refractivity contribution in [3.63, 3.8) is 0 Å². The minimum Gasteiger partial charge on any atom is -0.351 e. The third kappa shape index (κ3) is 3.77. The molecule has 0 aliphatic carbocycles. The van der Waals surface area contributed by atoms with E-state index >= 15 is 0 Å². The molecule has 3 heterocycles. The number of hydrogen-bond donors (Lipinski definition) is 1. The summed E-state index contributed by atoms with van der Waals surface area (Å²) in [6.45, 7) is 2.55. The van der Waals surface area contributed by atoms with Gasteiger partial charge in [0.25, 0.3) is 11.5 Å². The molecule has 0 spiro atoms. The van der Waals surface area contributed by atoms with E-state index in [2.05, 4.69) is 15.2 Å². The van der Waals surface area contributed by atoms with E-state index in [1.807, 2.05) is 36.4 Å². The van der Waals surface area contributed by atoms with Crippen molar-refractivity contribution in [3.05, 3.63) is 70.6 Å². The average Bonchev–Trinajstić information content (AvgIpc) is 2.79. The summed E-state index contributed by atoms with van der Waals surface area (Å²) in [5, 5.41) is 5.40. The van der Waals surface area contributed by atoms with Gasteiger partial charge in [0.05, 0.1) is 16.5 Å². The second kappa shape index (κ2) is 8.07. The molecule has 1 N–H and O–H groups in total. The minimum atomic E-state index is -0.710. The molecule has 158 valence electrons. The maximum absolute atomic E-state index is 13.3. The zero-order chi connectivity index (χ0) is 21.4. The summed E-state index contributed by atoms with van der Waals surface area (Å²) in [5.74, 6) is -0.273. The fourth-order valence-corrected chi connectivity index (χ4v) is 4.24. The number of amides is 1. The summed E-state index contributed by atoms with van der Waals surface area (Å²) >= 11 is 0. The molecule has 0 unspecified atom stereocenters. The molecule has 1 amide bonds. The Morgan fingerprint density at radius 2 is 1.84 bits per heavy atom. The summed E-state index contributed by atoms with van der Waals surface area (Å²) in [6.07, 6.45) is 2.02. The SMILES string of the molecule is O=C(NCCN1CCC(F)CC1)c1cccn2c(=O)c3cc4ccccc4cc3nc12. The van der Waals surface area contributed by atoms with Crippen molar-refractivity contribution >= 4 is 33.2 Å². The van der Waals surface area contributed by atoms with E-state index in [0.29, 0.717) is 61.1 Å². The number of benzene rings is 2. The second-order valence-corrected chi connectivity index (χ2v) is 8.02. The van der Waals surface area contributed by atoms with E-state index in [9.17, 15) is 14.0 Å². The minimum absolute atomic E-state index is 0.200. The highest BCUT2D eigenvalue weighted by molar-refractivity contribution is 6.02. The molecule has 6 nitrogen and oxygen atoms in total. The van der Waals surface area contributed by atoms with Crippen LogP contribution in [0.4, 0.5) is 4.39 Å². The molecule has 1 fully saturated rings. The Morgan fingerprint density at radius 3 is 2.61 bits per heavy atom. The molecule has 5 rings (SSSR count). The molecule has 1 aliphatic heterocycles. The van der Waals surface area contributed by atoms with Gasteiger partial charge in [-0.2, -0.15) is 0 Å². The van der Waals surface area contributed by atoms with Crippen LogP contribution in [0, 0.1) is 0 Å². The highest BCUT2D eigenvalue weighted by Gasteiger charge is 2.19. The molecule has 2 aromatic heterocycles. The van der Waals surface area contributed by atoms with Gasteiger partial charge >= 0.3 is 0 Å². The van der Waals surface area contributed by atoms with Gasteiger partial charge < -0.3 is 10.2 Å². The topological polar surface area (TPSA) is 66.7 Å². The van der Waals surface area contributed by atoms with Gasteiger partial charge in [0.1, 0.15) is 6.17 Å². The molecule has 0 saturated carbocycles. The van der Waals surface area contributed by atoms with E-state index in [-0.39, 0.29) is 11.5 Å². The van der Waals surface area contributed by atoms with E-state index in [4.69, 9.17) is 0 Å². The van der Waals surface area contributed by atoms with Crippen LogP contribution in [-0.2, 0) is 0 Å². The van der Waals surface area contributed by atoms with Crippen LogP contribution in [-0.4, -0.2) is 52.5 Å². The number of carbonyl (C=O) groups is 1. The molecular formula is C24H23FN4O2. The van der Waals surface area contributed by atoms with Gasteiger partial charge in [0, 0.05) is 32.4 Å². The summed E-state index contributed by atoms with van der Waals surface area (Å²) in [4.78, 5) is 32.8. The van der Waals surface area contributed by atoms with Gasteiger partial charge in [-0.1, -0.05) is 24.3 Å². The monoisotopic (exact) mass is 418 g/mol. The Labute approximate surface area is 178 Å². The van der Waals surface area contributed by atoms with Crippen LogP contribution in [0.2, 0.25) is 0 Å². The molecule has 0 bridgehead atoms. The molecule has 1 saturated heterocycles. The number of carbonyl (C=O) groups excluding carboxylic acids is 1. The van der Waals surface area contributed by atoms with Crippen LogP contribution in [0.25, 0.3) is 27.3 Å². The van der Waals surface area contributed by atoms with Crippen molar-refractivity contribution < 1.29 is 9.18 Å². The predicted molar refractivity (Wildman–Crippen MR) is 119 cm³/mol. The van der Waals surface area contributed by atoms with Crippen LogP contribution < -0.4 is 10.9 Å². The summed E-state index contributed by atoms with van der Waals surface area (Å²) in [6, 6.07) is 14.9. The van der Waals surface area contributed by atoms with E-state index < -0.39 is 6.17 Å². The average molecular weight is 418 g/mol. The smallest absolute Gasteiger partial charge is 0.265 e. The number of nitrogens with zero attached hydrogens (tertiary/aromatic N) is 3. The first-order valence-corrected chi connectivity index (χ1v) is 10.6. The molecule has 7 heteroatoms. The van der Waals surface area contributed by atoms with Gasteiger partial charge in [-0.25, -0.2) is 9.37 Å². The lowest BCUT2D eigenvalue weighted by atomic mass is 10.1. The number of alkyl halides is 1. The standard InChI is InChI=1S/C24H23FN4O2/c25-18-7-11-28(12-8-18)13-9-26-23(30)19-6-3-10-29-22(19)27-21-15-17-5-2-1-4-16(17)14-20(21)24(29)31/h1-6,10,14-15,18H,7-9,11-13H2,(H,26,30). The number of hydrogen-bond acceptors (Lipinski definition) is 4. The zero-order valence-corrected chi connectivity index (χ0v) is 17.1. The van der Waals surface area contributed by atoms with Gasteiger partial charge in [-0.15, -0.1) is 0 Å². The normalized spacial score (nSPS) is 15.6. The van der Waals surface area contributed by atoms with Gasteiger partial charge in [0.15, 0.2) is 5.65 Å². The van der Waals surface area contributed by atoms with Crippen molar-refractivity contribution in [2.45, 2.75) is 19.0 Å².